The molecule has 0 heterocycles. The van der Waals surface area contributed by atoms with E-state index in [1.165, 1.54) is 189 Å². The Labute approximate surface area is 840 Å². The van der Waals surface area contributed by atoms with E-state index in [0.717, 1.165) is 56.9 Å². The molecular formula is C138H120N4. The average Bonchev–Trinajstić information content (AvgIpc) is 1.54. The first-order chi connectivity index (χ1) is 68.1. The van der Waals surface area contributed by atoms with E-state index in [2.05, 4.69) is 564 Å². The lowest BCUT2D eigenvalue weighted by molar-refractivity contribution is 0.652. The maximum absolute atomic E-state index is 2.56. The fourth-order valence-corrected chi connectivity index (χ4v) is 23.2. The van der Waals surface area contributed by atoms with Gasteiger partial charge in [0, 0.05) is 89.9 Å². The molecule has 0 N–H and O–H groups in total. The number of para-hydroxylation sites is 2. The minimum absolute atomic E-state index is 0. The van der Waals surface area contributed by atoms with Gasteiger partial charge in [-0.15, -0.1) is 0 Å². The molecule has 0 atom stereocenters. The van der Waals surface area contributed by atoms with Crippen LogP contribution in [0, 0.1) is 27.7 Å². The molecule has 4 aliphatic carbocycles. The summed E-state index contributed by atoms with van der Waals surface area (Å²) in [5, 5.41) is 0. The Bertz CT molecular complexity index is 7430. The molecule has 24 rings (SSSR count). The van der Waals surface area contributed by atoms with Gasteiger partial charge in [-0.25, -0.2) is 0 Å². The lowest BCUT2D eigenvalue weighted by atomic mass is 9.79. The summed E-state index contributed by atoms with van der Waals surface area (Å²) in [7, 11) is 0. The maximum atomic E-state index is 2.56. The van der Waals surface area contributed by atoms with Crippen LogP contribution in [0.5, 0.6) is 0 Å². The number of anilines is 12. The molecule has 4 aliphatic rings. The highest BCUT2D eigenvalue weighted by Crippen LogP contribution is 2.63. The Balaban J connectivity index is 0.000000168. The second kappa shape index (κ2) is 36.7. The van der Waals surface area contributed by atoms with Crippen LogP contribution in [0.4, 0.5) is 68.2 Å². The molecule has 0 radical (unpaired) electrons. The zero-order chi connectivity index (χ0) is 95.5. The first-order valence-corrected chi connectivity index (χ1v) is 49.3. The van der Waals surface area contributed by atoms with Gasteiger partial charge in [-0.2, -0.15) is 0 Å². The maximum Gasteiger partial charge on any atom is 0.0467 e. The van der Waals surface area contributed by atoms with Gasteiger partial charge in [-0.1, -0.05) is 361 Å². The Morgan fingerprint density at radius 3 is 0.423 bits per heavy atom. The van der Waals surface area contributed by atoms with E-state index in [9.17, 15) is 0 Å². The summed E-state index contributed by atoms with van der Waals surface area (Å²) in [6, 6.07) is 169. The van der Waals surface area contributed by atoms with Crippen molar-refractivity contribution in [2.24, 2.45) is 0 Å². The smallest absolute Gasteiger partial charge is 0.0467 e. The lowest BCUT2D eigenvalue weighted by Crippen LogP contribution is -2.18. The van der Waals surface area contributed by atoms with Gasteiger partial charge in [0.1, 0.15) is 0 Å². The van der Waals surface area contributed by atoms with Crippen LogP contribution >= 0.6 is 0 Å². The molecule has 4 heteroatoms. The topological polar surface area (TPSA) is 13.0 Å². The van der Waals surface area contributed by atoms with Crippen LogP contribution in [0.3, 0.4) is 0 Å². The number of hydrogen-bond donors (Lipinski definition) is 0. The van der Waals surface area contributed by atoms with E-state index >= 15 is 0 Å². The summed E-state index contributed by atoms with van der Waals surface area (Å²) >= 11 is 0. The first-order valence-electron chi connectivity index (χ1n) is 49.3. The molecule has 4 nitrogen and oxygen atoms in total. The van der Waals surface area contributed by atoms with E-state index in [1.807, 2.05) is 0 Å². The lowest BCUT2D eigenvalue weighted by Gasteiger charge is -2.29. The van der Waals surface area contributed by atoms with E-state index in [-0.39, 0.29) is 36.5 Å². The molecule has 0 saturated carbocycles. The monoisotopic (exact) mass is 1830 g/mol. The van der Waals surface area contributed by atoms with Crippen molar-refractivity contribution in [2.75, 3.05) is 19.6 Å². The second-order valence-electron chi connectivity index (χ2n) is 40.6. The van der Waals surface area contributed by atoms with E-state index in [4.69, 9.17) is 0 Å². The van der Waals surface area contributed by atoms with Crippen molar-refractivity contribution in [1.29, 1.82) is 0 Å². The molecule has 20 aromatic rings. The van der Waals surface area contributed by atoms with Crippen LogP contribution in [0.25, 0.3) is 111 Å². The molecule has 0 bridgehead atoms. The summed E-state index contributed by atoms with van der Waals surface area (Å²) in [5.74, 6) is 0. The number of aryl methyl sites for hydroxylation is 4. The summed E-state index contributed by atoms with van der Waals surface area (Å²) in [4.78, 5) is 9.71. The normalized spacial score (nSPS) is 13.3. The molecule has 0 saturated heterocycles. The minimum atomic E-state index is -0.254. The molecule has 0 spiro atoms. The van der Waals surface area contributed by atoms with Crippen LogP contribution in [-0.4, -0.2) is 0 Å². The number of nitrogens with zero attached hydrogens (tertiary/aromatic N) is 4. The van der Waals surface area contributed by atoms with E-state index < -0.39 is 0 Å². The molecule has 0 fully saturated rings. The summed E-state index contributed by atoms with van der Waals surface area (Å²) in [6.07, 6.45) is 0. The molecule has 0 amide bonds. The average molecular weight is 1830 g/mol. The number of hydrogen-bond acceptors (Lipinski definition) is 4. The largest absolute Gasteiger partial charge is 0.310 e. The van der Waals surface area contributed by atoms with E-state index in [1.54, 1.807) is 0 Å². The van der Waals surface area contributed by atoms with Crippen LogP contribution < -0.4 is 19.6 Å². The number of rotatable bonds is 18. The fraction of sp³-hybridized carbons (Fsp3) is 0.130. The van der Waals surface area contributed by atoms with Crippen LogP contribution in [-0.2, 0) is 21.7 Å². The van der Waals surface area contributed by atoms with Crippen molar-refractivity contribution in [3.8, 4) is 111 Å². The standard InChI is InChI=1S/C74H60N2.C62H52N2.2CH4/c1-49-43-63(75(59-35-27-55(28-36-59)51-19-11-7-12-20-51)60-37-29-56(30-38-60)52-21-13-8-14-22-52)45-69-71(49)65-47-68-66(48-67(65)73(69,3)4)72-50(2)44-64(46-70(72)74(68,5)6)76(61-39-31-57(32-40-61)53-23-15-9-16-24-53)62-41-33-58(34-42-62)54-25-17-10-18-26-54;1-41-35-51(63(47-23-15-9-16-24-47)49-31-27-45(28-32-49)43-19-11-7-12-20-43)37-57-59(41)53-39-56-54(40-55(53)61(57,3)4)60-42(2)36-52(38-58(60)62(56,5)6)64(48-25-17-10-18-26-48)50-33-29-46(30-34-50)44-21-13-8-14-22-44;;/h7-48H,1-6H3;7-40H,1-6H3;2*1H4. The number of fused-ring (bicyclic) bond motifs is 12. The van der Waals surface area contributed by atoms with Gasteiger partial charge >= 0.3 is 0 Å². The van der Waals surface area contributed by atoms with Crippen LogP contribution in [0.15, 0.2) is 461 Å². The highest BCUT2D eigenvalue weighted by molar-refractivity contribution is 5.99. The Morgan fingerprint density at radius 2 is 0.268 bits per heavy atom. The molecule has 0 unspecified atom stereocenters. The van der Waals surface area contributed by atoms with Crippen molar-refractivity contribution < 1.29 is 0 Å². The van der Waals surface area contributed by atoms with Gasteiger partial charge < -0.3 is 19.6 Å². The molecule has 692 valence electrons. The summed E-state index contributed by atoms with van der Waals surface area (Å²) in [6.45, 7) is 28.7. The van der Waals surface area contributed by atoms with E-state index in [0.29, 0.717) is 0 Å². The Hall–Kier alpha value is -16.4. The minimum Gasteiger partial charge on any atom is -0.310 e. The highest BCUT2D eigenvalue weighted by atomic mass is 15.2. The highest BCUT2D eigenvalue weighted by Gasteiger charge is 2.46. The summed E-state index contributed by atoms with van der Waals surface area (Å²) < 4.78 is 0. The first kappa shape index (κ1) is 92.0. The predicted octanol–water partition coefficient (Wildman–Crippen LogP) is 39.0. The van der Waals surface area contributed by atoms with Crippen molar-refractivity contribution in [2.45, 2.75) is 120 Å². The third-order valence-corrected chi connectivity index (χ3v) is 30.5. The van der Waals surface area contributed by atoms with Gasteiger partial charge in [0.05, 0.1) is 0 Å². The van der Waals surface area contributed by atoms with Gasteiger partial charge in [-0.05, 0) is 376 Å². The molecule has 20 aromatic carbocycles. The molecule has 0 aromatic heterocycles. The number of benzene rings is 20. The van der Waals surface area contributed by atoms with Gasteiger partial charge in [-0.3, -0.25) is 0 Å². The van der Waals surface area contributed by atoms with Gasteiger partial charge in [0.15, 0.2) is 0 Å². The molecule has 0 aliphatic heterocycles. The summed E-state index contributed by atoms with van der Waals surface area (Å²) in [5.41, 5.74) is 54.5. The van der Waals surface area contributed by atoms with Crippen molar-refractivity contribution in [1.82, 2.24) is 0 Å². The molecule has 142 heavy (non-hydrogen) atoms. The zero-order valence-corrected chi connectivity index (χ0v) is 81.7. The van der Waals surface area contributed by atoms with Crippen LogP contribution in [0.1, 0.15) is 137 Å². The quantitative estimate of drug-likeness (QED) is 0.0849. The van der Waals surface area contributed by atoms with Crippen molar-refractivity contribution in [3.05, 3.63) is 528 Å². The van der Waals surface area contributed by atoms with Crippen LogP contribution in [0.2, 0.25) is 0 Å². The van der Waals surface area contributed by atoms with Gasteiger partial charge in [0.2, 0.25) is 0 Å². The van der Waals surface area contributed by atoms with Crippen molar-refractivity contribution >= 4 is 68.2 Å². The van der Waals surface area contributed by atoms with Crippen molar-refractivity contribution in [3.63, 3.8) is 0 Å². The predicted molar refractivity (Wildman–Crippen MR) is 607 cm³/mol. The SMILES string of the molecule is C.C.Cc1cc(N(c2ccc(-c3ccccc3)cc2)c2ccc(-c3ccccc3)cc2)cc2c1-c1cc3c(cc1C2(C)C)-c1c(C)cc(N(c2ccc(-c4ccccc4)cc2)c2ccc(-c4ccccc4)cc2)cc1C3(C)C.Cc1cc(N(c2ccccc2)c2ccc(-c3ccccc3)cc2)cc2c1-c1cc3c(cc1C2(C)C)-c1c(C)cc(N(c2ccccc2)c2ccc(-c4ccccc4)cc2)cc1C3(C)C. The van der Waals surface area contributed by atoms with Gasteiger partial charge in [0.25, 0.3) is 0 Å². The second-order valence-corrected chi connectivity index (χ2v) is 40.6. The third-order valence-electron chi connectivity index (χ3n) is 30.5. The molecular weight excluding hydrogens is 1710 g/mol. The Kier molecular flexibility index (Phi) is 23.8. The fourth-order valence-electron chi connectivity index (χ4n) is 23.2. The zero-order valence-electron chi connectivity index (χ0n) is 81.7. The Morgan fingerprint density at radius 1 is 0.134 bits per heavy atom. The third kappa shape index (κ3) is 16.1.